The van der Waals surface area contributed by atoms with Crippen molar-refractivity contribution in [2.75, 3.05) is 18.4 Å². The number of carbonyl (C=O) groups is 1. The van der Waals surface area contributed by atoms with Gasteiger partial charge in [-0.15, -0.1) is 0 Å². The molecular formula is C14H18N4O3S. The van der Waals surface area contributed by atoms with Gasteiger partial charge < -0.3 is 5.32 Å². The lowest BCUT2D eigenvalue weighted by Crippen LogP contribution is -2.44. The molecular weight excluding hydrogens is 304 g/mol. The highest BCUT2D eigenvalue weighted by Crippen LogP contribution is 2.20. The minimum atomic E-state index is -3.67. The van der Waals surface area contributed by atoms with Crippen molar-refractivity contribution in [2.45, 2.75) is 19.3 Å². The van der Waals surface area contributed by atoms with E-state index in [1.807, 2.05) is 0 Å². The van der Waals surface area contributed by atoms with Gasteiger partial charge in [-0.1, -0.05) is 12.1 Å². The lowest BCUT2D eigenvalue weighted by Gasteiger charge is -2.29. The van der Waals surface area contributed by atoms with E-state index in [9.17, 15) is 13.2 Å². The van der Waals surface area contributed by atoms with Crippen LogP contribution in [-0.4, -0.2) is 31.7 Å². The molecule has 0 atom stereocenters. The van der Waals surface area contributed by atoms with E-state index in [2.05, 4.69) is 11.4 Å². The van der Waals surface area contributed by atoms with Gasteiger partial charge in [-0.2, -0.15) is 18.0 Å². The van der Waals surface area contributed by atoms with Crippen LogP contribution in [0.3, 0.4) is 0 Å². The molecule has 2 rings (SSSR count). The molecule has 1 saturated heterocycles. The molecule has 1 amide bonds. The molecule has 1 aliphatic rings. The fraction of sp³-hybridized carbons (Fsp3) is 0.429. The number of hydrogen-bond acceptors (Lipinski definition) is 4. The first-order chi connectivity index (χ1) is 10.4. The Balaban J connectivity index is 1.89. The fourth-order valence-electron chi connectivity index (χ4n) is 2.41. The lowest BCUT2D eigenvalue weighted by molar-refractivity contribution is -0.120. The van der Waals surface area contributed by atoms with Crippen molar-refractivity contribution in [2.24, 2.45) is 11.1 Å². The third-order valence-corrected chi connectivity index (χ3v) is 4.77. The highest BCUT2D eigenvalue weighted by molar-refractivity contribution is 7.86. The van der Waals surface area contributed by atoms with Crippen LogP contribution in [0, 0.1) is 17.2 Å². The maximum atomic E-state index is 12.2. The van der Waals surface area contributed by atoms with E-state index in [1.54, 1.807) is 24.3 Å². The van der Waals surface area contributed by atoms with Gasteiger partial charge in [0.25, 0.3) is 10.2 Å². The van der Waals surface area contributed by atoms with Crippen molar-refractivity contribution < 1.29 is 13.2 Å². The summed E-state index contributed by atoms with van der Waals surface area (Å²) in [6.07, 6.45) is 1.24. The first kappa shape index (κ1) is 16.4. The van der Waals surface area contributed by atoms with Gasteiger partial charge in [0.2, 0.25) is 5.91 Å². The second-order valence-corrected chi connectivity index (χ2v) is 6.79. The Bertz CT molecular complexity index is 671. The molecule has 0 radical (unpaired) electrons. The monoisotopic (exact) mass is 322 g/mol. The highest BCUT2D eigenvalue weighted by Gasteiger charge is 2.29. The van der Waals surface area contributed by atoms with Crippen LogP contribution in [0.15, 0.2) is 24.3 Å². The molecule has 1 fully saturated rings. The van der Waals surface area contributed by atoms with Crippen molar-refractivity contribution in [1.29, 1.82) is 5.26 Å². The number of amides is 1. The molecule has 7 nitrogen and oxygen atoms in total. The quantitative estimate of drug-likeness (QED) is 0.844. The molecule has 0 spiro atoms. The van der Waals surface area contributed by atoms with Crippen LogP contribution in [0.4, 0.5) is 5.69 Å². The number of nitrogens with one attached hydrogen (secondary N) is 1. The lowest BCUT2D eigenvalue weighted by atomic mass is 9.97. The van der Waals surface area contributed by atoms with Crippen LogP contribution in [0.5, 0.6) is 0 Å². The van der Waals surface area contributed by atoms with Gasteiger partial charge in [0.05, 0.1) is 12.5 Å². The van der Waals surface area contributed by atoms with E-state index >= 15 is 0 Å². The third kappa shape index (κ3) is 4.27. The van der Waals surface area contributed by atoms with Gasteiger partial charge in [-0.3, -0.25) is 4.79 Å². The van der Waals surface area contributed by atoms with Crippen LogP contribution < -0.4 is 10.5 Å². The minimum absolute atomic E-state index is 0.123. The van der Waals surface area contributed by atoms with Crippen molar-refractivity contribution in [3.63, 3.8) is 0 Å². The van der Waals surface area contributed by atoms with E-state index in [0.717, 1.165) is 5.56 Å². The standard InChI is InChI=1S/C14H18N4O3S/c15-8-5-11-1-3-13(4-2-11)17-14(19)12-6-9-18(10-7-12)22(16,20)21/h1-4,12H,5-7,9-10H2,(H,17,19)(H2,16,20,21). The molecule has 0 aliphatic carbocycles. The number of rotatable bonds is 4. The summed E-state index contributed by atoms with van der Waals surface area (Å²) in [6.45, 7) is 0.524. The van der Waals surface area contributed by atoms with Crippen molar-refractivity contribution in [3.05, 3.63) is 29.8 Å². The molecule has 0 saturated carbocycles. The zero-order chi connectivity index (χ0) is 16.2. The summed E-state index contributed by atoms with van der Waals surface area (Å²) in [7, 11) is -3.67. The van der Waals surface area contributed by atoms with Gasteiger partial charge in [-0.05, 0) is 30.5 Å². The van der Waals surface area contributed by atoms with Crippen LogP contribution in [0.25, 0.3) is 0 Å². The molecule has 1 heterocycles. The normalized spacial score (nSPS) is 16.9. The Morgan fingerprint density at radius 1 is 1.32 bits per heavy atom. The Kier molecular flexibility index (Phi) is 5.13. The zero-order valence-corrected chi connectivity index (χ0v) is 12.8. The number of nitrogens with two attached hydrogens (primary N) is 1. The molecule has 22 heavy (non-hydrogen) atoms. The van der Waals surface area contributed by atoms with E-state index in [1.165, 1.54) is 4.31 Å². The molecule has 1 aromatic carbocycles. The summed E-state index contributed by atoms with van der Waals surface area (Å²) in [5.74, 6) is -0.348. The van der Waals surface area contributed by atoms with Gasteiger partial charge >= 0.3 is 0 Å². The fourth-order valence-corrected chi connectivity index (χ4v) is 3.13. The number of hydrogen-bond donors (Lipinski definition) is 2. The van der Waals surface area contributed by atoms with E-state index in [4.69, 9.17) is 10.4 Å². The average molecular weight is 322 g/mol. The SMILES string of the molecule is N#CCc1ccc(NC(=O)C2CCN(S(N)(=O)=O)CC2)cc1. The van der Waals surface area contributed by atoms with E-state index in [-0.39, 0.29) is 24.9 Å². The summed E-state index contributed by atoms with van der Waals surface area (Å²) in [5.41, 5.74) is 1.56. The molecule has 118 valence electrons. The van der Waals surface area contributed by atoms with E-state index in [0.29, 0.717) is 24.9 Å². The third-order valence-electron chi connectivity index (χ3n) is 3.69. The van der Waals surface area contributed by atoms with Crippen LogP contribution in [0.1, 0.15) is 18.4 Å². The maximum absolute atomic E-state index is 12.2. The number of carbonyl (C=O) groups excluding carboxylic acids is 1. The molecule has 3 N–H and O–H groups in total. The molecule has 0 bridgehead atoms. The van der Waals surface area contributed by atoms with Gasteiger partial charge in [-0.25, -0.2) is 5.14 Å². The predicted molar refractivity (Wildman–Crippen MR) is 81.8 cm³/mol. The summed E-state index contributed by atoms with van der Waals surface area (Å²) in [4.78, 5) is 12.2. The van der Waals surface area contributed by atoms with Crippen LogP contribution >= 0.6 is 0 Å². The largest absolute Gasteiger partial charge is 0.326 e. The van der Waals surface area contributed by atoms with Gasteiger partial charge in [0, 0.05) is 24.7 Å². The first-order valence-corrected chi connectivity index (χ1v) is 8.45. The smallest absolute Gasteiger partial charge is 0.276 e. The Hall–Kier alpha value is -1.95. The zero-order valence-electron chi connectivity index (χ0n) is 12.0. The first-order valence-electron chi connectivity index (χ1n) is 6.95. The Labute approximate surface area is 129 Å². The molecule has 1 aromatic rings. The number of nitriles is 1. The number of benzene rings is 1. The molecule has 0 aromatic heterocycles. The van der Waals surface area contributed by atoms with E-state index < -0.39 is 10.2 Å². The average Bonchev–Trinajstić information content (AvgIpc) is 2.49. The summed E-state index contributed by atoms with van der Waals surface area (Å²) in [6, 6.07) is 9.16. The molecule has 1 aliphatic heterocycles. The maximum Gasteiger partial charge on any atom is 0.276 e. The second kappa shape index (κ2) is 6.87. The van der Waals surface area contributed by atoms with Crippen LogP contribution in [0.2, 0.25) is 0 Å². The highest BCUT2D eigenvalue weighted by atomic mass is 32.2. The number of anilines is 1. The van der Waals surface area contributed by atoms with Crippen molar-refractivity contribution in [1.82, 2.24) is 4.31 Å². The van der Waals surface area contributed by atoms with Crippen LogP contribution in [-0.2, 0) is 21.4 Å². The minimum Gasteiger partial charge on any atom is -0.326 e. The number of piperidine rings is 1. The summed E-state index contributed by atoms with van der Waals surface area (Å²) in [5, 5.41) is 16.5. The summed E-state index contributed by atoms with van der Waals surface area (Å²) < 4.78 is 23.6. The number of nitrogens with zero attached hydrogens (tertiary/aromatic N) is 2. The van der Waals surface area contributed by atoms with Crippen molar-refractivity contribution >= 4 is 21.8 Å². The Morgan fingerprint density at radius 3 is 2.41 bits per heavy atom. The molecule has 8 heteroatoms. The Morgan fingerprint density at radius 2 is 1.91 bits per heavy atom. The predicted octanol–water partition coefficient (Wildman–Crippen LogP) is 0.607. The topological polar surface area (TPSA) is 116 Å². The van der Waals surface area contributed by atoms with Gasteiger partial charge in [0.1, 0.15) is 0 Å². The van der Waals surface area contributed by atoms with Gasteiger partial charge in [0.15, 0.2) is 0 Å². The second-order valence-electron chi connectivity index (χ2n) is 5.24. The summed E-state index contributed by atoms with van der Waals surface area (Å²) >= 11 is 0. The molecule has 0 unspecified atom stereocenters. The van der Waals surface area contributed by atoms with Crippen molar-refractivity contribution in [3.8, 4) is 6.07 Å².